The van der Waals surface area contributed by atoms with Gasteiger partial charge in [-0.15, -0.1) is 10.2 Å². The van der Waals surface area contributed by atoms with Crippen LogP contribution in [0.2, 0.25) is 5.02 Å². The van der Waals surface area contributed by atoms with Crippen LogP contribution < -0.4 is 9.64 Å². The molecule has 2 heterocycles. The summed E-state index contributed by atoms with van der Waals surface area (Å²) >= 11 is 7.38. The minimum Gasteiger partial charge on any atom is -0.497 e. The lowest BCUT2D eigenvalue weighted by Gasteiger charge is -2.36. The van der Waals surface area contributed by atoms with Crippen LogP contribution in [0, 0.1) is 0 Å². The van der Waals surface area contributed by atoms with Crippen molar-refractivity contribution in [2.45, 2.75) is 5.03 Å². The molecule has 1 aromatic heterocycles. The molecule has 6 nitrogen and oxygen atoms in total. The van der Waals surface area contributed by atoms with Gasteiger partial charge in [0.15, 0.2) is 0 Å². The predicted octanol–water partition coefficient (Wildman–Crippen LogP) is 4.25. The van der Waals surface area contributed by atoms with Gasteiger partial charge in [0.1, 0.15) is 10.8 Å². The van der Waals surface area contributed by atoms with Gasteiger partial charge < -0.3 is 14.5 Å². The molecule has 0 N–H and O–H groups in total. The van der Waals surface area contributed by atoms with E-state index in [0.717, 1.165) is 45.8 Å². The molecule has 1 aliphatic rings. The van der Waals surface area contributed by atoms with Crippen LogP contribution in [-0.4, -0.2) is 60.0 Å². The second-order valence-corrected chi connectivity index (χ2v) is 8.55. The number of nitrogens with zero attached hydrogens (tertiary/aromatic N) is 4. The van der Waals surface area contributed by atoms with Gasteiger partial charge in [0.2, 0.25) is 5.91 Å². The number of anilines is 1. The lowest BCUT2D eigenvalue weighted by molar-refractivity contribution is -0.128. The standard InChI is InChI=1S/C23H23ClN4O2S/c1-30-20-8-2-17(3-9-20)21-10-11-22(26-25-21)31-16-23(29)28-14-12-27(13-15-28)19-6-4-18(24)5-7-19/h2-11H,12-16H2,1H3. The largest absolute Gasteiger partial charge is 0.497 e. The first kappa shape index (κ1) is 21.5. The summed E-state index contributed by atoms with van der Waals surface area (Å²) in [5.74, 6) is 1.29. The zero-order valence-electron chi connectivity index (χ0n) is 17.2. The fourth-order valence-electron chi connectivity index (χ4n) is 3.41. The summed E-state index contributed by atoms with van der Waals surface area (Å²) in [6, 6.07) is 19.3. The SMILES string of the molecule is COc1ccc(-c2ccc(SCC(=O)N3CCN(c4ccc(Cl)cc4)CC3)nn2)cc1. The number of piperazine rings is 1. The van der Waals surface area contributed by atoms with E-state index in [9.17, 15) is 4.79 Å². The van der Waals surface area contributed by atoms with Crippen LogP contribution in [0.4, 0.5) is 5.69 Å². The molecule has 1 saturated heterocycles. The number of carbonyl (C=O) groups is 1. The van der Waals surface area contributed by atoms with Crippen LogP contribution >= 0.6 is 23.4 Å². The van der Waals surface area contributed by atoms with Crippen molar-refractivity contribution < 1.29 is 9.53 Å². The summed E-state index contributed by atoms with van der Waals surface area (Å²) in [4.78, 5) is 16.8. The van der Waals surface area contributed by atoms with Gasteiger partial charge in [-0.25, -0.2) is 0 Å². The summed E-state index contributed by atoms with van der Waals surface area (Å²) in [6.45, 7) is 3.05. The van der Waals surface area contributed by atoms with E-state index in [4.69, 9.17) is 16.3 Å². The minimum atomic E-state index is 0.127. The Morgan fingerprint density at radius 2 is 1.68 bits per heavy atom. The molecule has 8 heteroatoms. The third-order valence-corrected chi connectivity index (χ3v) is 6.35. The molecule has 31 heavy (non-hydrogen) atoms. The minimum absolute atomic E-state index is 0.127. The Morgan fingerprint density at radius 1 is 0.968 bits per heavy atom. The predicted molar refractivity (Wildman–Crippen MR) is 125 cm³/mol. The number of carbonyl (C=O) groups excluding carboxylic acids is 1. The van der Waals surface area contributed by atoms with E-state index in [-0.39, 0.29) is 5.91 Å². The van der Waals surface area contributed by atoms with Gasteiger partial charge in [0.05, 0.1) is 18.6 Å². The highest BCUT2D eigenvalue weighted by Gasteiger charge is 2.21. The molecule has 0 bridgehead atoms. The zero-order chi connectivity index (χ0) is 21.6. The number of amides is 1. The van der Waals surface area contributed by atoms with Crippen molar-refractivity contribution >= 4 is 35.0 Å². The zero-order valence-corrected chi connectivity index (χ0v) is 18.8. The first-order valence-corrected chi connectivity index (χ1v) is 11.4. The van der Waals surface area contributed by atoms with E-state index < -0.39 is 0 Å². The van der Waals surface area contributed by atoms with Crippen molar-refractivity contribution in [3.05, 3.63) is 65.7 Å². The van der Waals surface area contributed by atoms with Crippen molar-refractivity contribution in [3.8, 4) is 17.0 Å². The fourth-order valence-corrected chi connectivity index (χ4v) is 4.25. The maximum Gasteiger partial charge on any atom is 0.233 e. The van der Waals surface area contributed by atoms with Crippen molar-refractivity contribution in [3.63, 3.8) is 0 Å². The van der Waals surface area contributed by atoms with Gasteiger partial charge in [-0.05, 0) is 60.7 Å². The molecule has 2 aromatic carbocycles. The normalized spacial score (nSPS) is 13.9. The Bertz CT molecular complexity index is 1010. The number of benzene rings is 2. The fraction of sp³-hybridized carbons (Fsp3) is 0.261. The summed E-state index contributed by atoms with van der Waals surface area (Å²) in [7, 11) is 1.64. The number of rotatable bonds is 6. The number of aromatic nitrogens is 2. The van der Waals surface area contributed by atoms with E-state index in [1.54, 1.807) is 7.11 Å². The molecule has 1 amide bonds. The van der Waals surface area contributed by atoms with Gasteiger partial charge in [0.25, 0.3) is 0 Å². The van der Waals surface area contributed by atoms with E-state index in [1.165, 1.54) is 11.8 Å². The second kappa shape index (κ2) is 10.0. The summed E-state index contributed by atoms with van der Waals surface area (Å²) < 4.78 is 5.18. The lowest BCUT2D eigenvalue weighted by atomic mass is 10.1. The van der Waals surface area contributed by atoms with Crippen molar-refractivity contribution in [2.75, 3.05) is 43.9 Å². The van der Waals surface area contributed by atoms with E-state index in [1.807, 2.05) is 65.6 Å². The molecule has 0 saturated carbocycles. The number of methoxy groups -OCH3 is 1. The molecular weight excluding hydrogens is 432 g/mol. The van der Waals surface area contributed by atoms with Crippen LogP contribution in [0.3, 0.4) is 0 Å². The highest BCUT2D eigenvalue weighted by Crippen LogP contribution is 2.23. The van der Waals surface area contributed by atoms with Crippen LogP contribution in [0.1, 0.15) is 0 Å². The number of thioether (sulfide) groups is 1. The number of hydrogen-bond acceptors (Lipinski definition) is 6. The highest BCUT2D eigenvalue weighted by molar-refractivity contribution is 7.99. The summed E-state index contributed by atoms with van der Waals surface area (Å²) in [5, 5.41) is 10.0. The summed E-state index contributed by atoms with van der Waals surface area (Å²) in [5.41, 5.74) is 2.90. The van der Waals surface area contributed by atoms with Crippen LogP contribution in [0.5, 0.6) is 5.75 Å². The monoisotopic (exact) mass is 454 g/mol. The number of ether oxygens (including phenoxy) is 1. The molecule has 0 atom stereocenters. The van der Waals surface area contributed by atoms with E-state index >= 15 is 0 Å². The highest BCUT2D eigenvalue weighted by atomic mass is 35.5. The third kappa shape index (κ3) is 5.48. The molecule has 0 aliphatic carbocycles. The first-order chi connectivity index (χ1) is 15.1. The molecule has 0 spiro atoms. The quantitative estimate of drug-likeness (QED) is 0.519. The number of halogens is 1. The summed E-state index contributed by atoms with van der Waals surface area (Å²) in [6.07, 6.45) is 0. The molecule has 4 rings (SSSR count). The average Bonchev–Trinajstić information content (AvgIpc) is 2.83. The molecule has 1 fully saturated rings. The van der Waals surface area contributed by atoms with Gasteiger partial charge in [-0.2, -0.15) is 0 Å². The third-order valence-electron chi connectivity index (χ3n) is 5.19. The molecular formula is C23H23ClN4O2S. The Balaban J connectivity index is 1.26. The van der Waals surface area contributed by atoms with Crippen molar-refractivity contribution in [1.82, 2.24) is 15.1 Å². The van der Waals surface area contributed by atoms with Crippen LogP contribution in [0.25, 0.3) is 11.3 Å². The number of hydrogen-bond donors (Lipinski definition) is 0. The smallest absolute Gasteiger partial charge is 0.233 e. The average molecular weight is 455 g/mol. The topological polar surface area (TPSA) is 58.6 Å². The van der Waals surface area contributed by atoms with Crippen LogP contribution in [-0.2, 0) is 4.79 Å². The van der Waals surface area contributed by atoms with Gasteiger partial charge in [-0.1, -0.05) is 23.4 Å². The first-order valence-electron chi connectivity index (χ1n) is 10.0. The molecule has 3 aromatic rings. The Morgan fingerprint density at radius 3 is 2.29 bits per heavy atom. The maximum atomic E-state index is 12.6. The van der Waals surface area contributed by atoms with E-state index in [2.05, 4.69) is 15.1 Å². The molecule has 160 valence electrons. The van der Waals surface area contributed by atoms with Gasteiger partial charge in [0, 0.05) is 42.5 Å². The Kier molecular flexibility index (Phi) is 6.94. The van der Waals surface area contributed by atoms with E-state index in [0.29, 0.717) is 18.8 Å². The Hall–Kier alpha value is -2.77. The lowest BCUT2D eigenvalue weighted by Crippen LogP contribution is -2.49. The molecule has 0 radical (unpaired) electrons. The van der Waals surface area contributed by atoms with Crippen LogP contribution in [0.15, 0.2) is 65.7 Å². The molecule has 0 unspecified atom stereocenters. The Labute approximate surface area is 191 Å². The van der Waals surface area contributed by atoms with Gasteiger partial charge in [-0.3, -0.25) is 4.79 Å². The van der Waals surface area contributed by atoms with Gasteiger partial charge >= 0.3 is 0 Å². The maximum absolute atomic E-state index is 12.6. The van der Waals surface area contributed by atoms with Crippen molar-refractivity contribution in [2.24, 2.45) is 0 Å². The second-order valence-electron chi connectivity index (χ2n) is 7.12. The molecule has 1 aliphatic heterocycles. The van der Waals surface area contributed by atoms with Crippen molar-refractivity contribution in [1.29, 1.82) is 0 Å².